The van der Waals surface area contributed by atoms with Crippen molar-refractivity contribution in [2.45, 2.75) is 12.5 Å². The molecule has 4 aromatic rings. The molecule has 0 bridgehead atoms. The predicted molar refractivity (Wildman–Crippen MR) is 115 cm³/mol. The van der Waals surface area contributed by atoms with Gasteiger partial charge >= 0.3 is 0 Å². The molecule has 3 aromatic carbocycles. The number of halogens is 1. The first-order valence-corrected chi connectivity index (χ1v) is 9.65. The van der Waals surface area contributed by atoms with Crippen LogP contribution in [-0.2, 0) is 11.2 Å². The maximum Gasteiger partial charge on any atom is 0.225 e. The Hall–Kier alpha value is -3.37. The first kappa shape index (κ1) is 19.0. The molecule has 2 N–H and O–H groups in total. The van der Waals surface area contributed by atoms with Crippen LogP contribution in [0.1, 0.15) is 22.7 Å². The van der Waals surface area contributed by atoms with Crippen LogP contribution in [0.5, 0.6) is 5.75 Å². The fourth-order valence-corrected chi connectivity index (χ4v) is 3.65. The molecule has 5 heteroatoms. The third-order valence-electron chi connectivity index (χ3n) is 4.82. The van der Waals surface area contributed by atoms with Gasteiger partial charge in [0.2, 0.25) is 5.91 Å². The minimum absolute atomic E-state index is 0.0352. The van der Waals surface area contributed by atoms with Gasteiger partial charge in [-0.1, -0.05) is 78.3 Å². The van der Waals surface area contributed by atoms with E-state index < -0.39 is 6.04 Å². The van der Waals surface area contributed by atoms with E-state index in [9.17, 15) is 9.90 Å². The van der Waals surface area contributed by atoms with Crippen molar-refractivity contribution >= 4 is 28.4 Å². The Morgan fingerprint density at radius 2 is 1.69 bits per heavy atom. The quantitative estimate of drug-likeness (QED) is 0.491. The molecule has 0 unspecified atom stereocenters. The number of carbonyl (C=O) groups is 1. The molecule has 1 atom stereocenters. The Kier molecular flexibility index (Phi) is 5.45. The smallest absolute Gasteiger partial charge is 0.225 e. The van der Waals surface area contributed by atoms with Gasteiger partial charge in [-0.25, -0.2) is 0 Å². The fourth-order valence-electron chi connectivity index (χ4n) is 3.40. The fraction of sp³-hybridized carbons (Fsp3) is 0.0833. The molecular formula is C24H19ClN2O2. The summed E-state index contributed by atoms with van der Waals surface area (Å²) in [5.41, 5.74) is 2.65. The van der Waals surface area contributed by atoms with Crippen LogP contribution in [0.4, 0.5) is 0 Å². The van der Waals surface area contributed by atoms with Crippen LogP contribution < -0.4 is 5.32 Å². The highest BCUT2D eigenvalue weighted by Gasteiger charge is 2.23. The van der Waals surface area contributed by atoms with E-state index in [0.29, 0.717) is 21.7 Å². The van der Waals surface area contributed by atoms with Crippen molar-refractivity contribution < 1.29 is 9.90 Å². The van der Waals surface area contributed by atoms with Gasteiger partial charge in [-0.3, -0.25) is 9.78 Å². The molecule has 0 saturated carbocycles. The minimum Gasteiger partial charge on any atom is -0.505 e. The van der Waals surface area contributed by atoms with E-state index >= 15 is 0 Å². The van der Waals surface area contributed by atoms with Crippen molar-refractivity contribution in [2.24, 2.45) is 0 Å². The topological polar surface area (TPSA) is 62.2 Å². The summed E-state index contributed by atoms with van der Waals surface area (Å²) in [6.45, 7) is 0. The molecule has 0 fully saturated rings. The number of fused-ring (bicyclic) bond motifs is 1. The molecule has 0 aliphatic carbocycles. The van der Waals surface area contributed by atoms with E-state index in [0.717, 1.165) is 10.9 Å². The highest BCUT2D eigenvalue weighted by molar-refractivity contribution is 6.31. The van der Waals surface area contributed by atoms with Gasteiger partial charge in [0.15, 0.2) is 0 Å². The minimum atomic E-state index is -0.605. The van der Waals surface area contributed by atoms with Gasteiger partial charge in [0.1, 0.15) is 11.3 Å². The van der Waals surface area contributed by atoms with Gasteiger partial charge in [-0.05, 0) is 23.3 Å². The zero-order valence-electron chi connectivity index (χ0n) is 15.5. The molecule has 4 nitrogen and oxygen atoms in total. The van der Waals surface area contributed by atoms with E-state index in [4.69, 9.17) is 11.6 Å². The maximum atomic E-state index is 12.8. The van der Waals surface area contributed by atoms with Gasteiger partial charge in [-0.15, -0.1) is 0 Å². The summed E-state index contributed by atoms with van der Waals surface area (Å²) < 4.78 is 0. The van der Waals surface area contributed by atoms with E-state index in [1.165, 1.54) is 0 Å². The lowest BCUT2D eigenvalue weighted by atomic mass is 9.95. The number of amides is 1. The number of nitrogens with one attached hydrogen (secondary N) is 1. The van der Waals surface area contributed by atoms with E-state index in [-0.39, 0.29) is 18.1 Å². The zero-order chi connectivity index (χ0) is 20.2. The highest BCUT2D eigenvalue weighted by atomic mass is 35.5. The van der Waals surface area contributed by atoms with E-state index in [1.807, 2.05) is 66.7 Å². The van der Waals surface area contributed by atoms with Crippen molar-refractivity contribution in [2.75, 3.05) is 0 Å². The summed E-state index contributed by atoms with van der Waals surface area (Å²) in [6.07, 6.45) is 1.86. The Bertz CT molecular complexity index is 1160. The number of pyridine rings is 1. The number of carbonyl (C=O) groups excluding carboxylic acids is 1. The lowest BCUT2D eigenvalue weighted by Crippen LogP contribution is -2.30. The van der Waals surface area contributed by atoms with Crippen LogP contribution in [0.15, 0.2) is 85.1 Å². The maximum absolute atomic E-state index is 12.8. The first-order chi connectivity index (χ1) is 14.1. The number of hydrogen-bond donors (Lipinski definition) is 2. The number of rotatable bonds is 5. The van der Waals surface area contributed by atoms with Gasteiger partial charge in [0.25, 0.3) is 0 Å². The Morgan fingerprint density at radius 3 is 2.48 bits per heavy atom. The molecule has 0 aliphatic heterocycles. The lowest BCUT2D eigenvalue weighted by molar-refractivity contribution is -0.120. The van der Waals surface area contributed by atoms with Crippen molar-refractivity contribution in [3.05, 3.63) is 107 Å². The van der Waals surface area contributed by atoms with Crippen molar-refractivity contribution in [3.8, 4) is 5.75 Å². The standard InChI is InChI=1S/C24H19ClN2O2/c25-20-11-5-4-10-18(20)23(27-21(28)15-16-7-2-1-3-8-16)19-13-12-17-9-6-14-26-22(17)24(19)29/h1-14,23,29H,15H2,(H,27,28)/t23-/m0/s1. The molecule has 1 heterocycles. The molecule has 0 spiro atoms. The van der Waals surface area contributed by atoms with Crippen molar-refractivity contribution in [1.29, 1.82) is 0 Å². The number of benzene rings is 3. The van der Waals surface area contributed by atoms with Crippen LogP contribution in [0.2, 0.25) is 5.02 Å². The molecule has 1 amide bonds. The number of aromatic nitrogens is 1. The average Bonchev–Trinajstić information content (AvgIpc) is 2.74. The van der Waals surface area contributed by atoms with Crippen LogP contribution in [0, 0.1) is 0 Å². The Labute approximate surface area is 173 Å². The predicted octanol–water partition coefficient (Wildman–Crippen LogP) is 5.04. The van der Waals surface area contributed by atoms with Gasteiger partial charge < -0.3 is 10.4 Å². The molecule has 0 aliphatic rings. The van der Waals surface area contributed by atoms with Gasteiger partial charge in [-0.2, -0.15) is 0 Å². The van der Waals surface area contributed by atoms with Crippen molar-refractivity contribution in [3.63, 3.8) is 0 Å². The largest absolute Gasteiger partial charge is 0.505 e. The summed E-state index contributed by atoms with van der Waals surface area (Å²) in [6, 6.07) is 23.6. The van der Waals surface area contributed by atoms with Crippen LogP contribution in [0.3, 0.4) is 0 Å². The Morgan fingerprint density at radius 1 is 0.931 bits per heavy atom. The molecular weight excluding hydrogens is 384 g/mol. The summed E-state index contributed by atoms with van der Waals surface area (Å²) in [5.74, 6) is -0.130. The molecule has 4 rings (SSSR count). The monoisotopic (exact) mass is 402 g/mol. The highest BCUT2D eigenvalue weighted by Crippen LogP contribution is 2.36. The normalized spacial score (nSPS) is 11.9. The number of nitrogens with zero attached hydrogens (tertiary/aromatic N) is 1. The number of hydrogen-bond acceptors (Lipinski definition) is 3. The van der Waals surface area contributed by atoms with Crippen molar-refractivity contribution in [1.82, 2.24) is 10.3 Å². The van der Waals surface area contributed by atoms with Crippen LogP contribution in [0.25, 0.3) is 10.9 Å². The second kappa shape index (κ2) is 8.33. The Balaban J connectivity index is 1.74. The first-order valence-electron chi connectivity index (χ1n) is 9.28. The van der Waals surface area contributed by atoms with Gasteiger partial charge in [0.05, 0.1) is 12.5 Å². The number of phenolic OH excluding ortho intramolecular Hbond substituents is 1. The lowest BCUT2D eigenvalue weighted by Gasteiger charge is -2.22. The zero-order valence-corrected chi connectivity index (χ0v) is 16.3. The second-order valence-electron chi connectivity index (χ2n) is 6.76. The van der Waals surface area contributed by atoms with E-state index in [1.54, 1.807) is 18.3 Å². The molecule has 0 saturated heterocycles. The second-order valence-corrected chi connectivity index (χ2v) is 7.17. The molecule has 1 aromatic heterocycles. The summed E-state index contributed by atoms with van der Waals surface area (Å²) in [7, 11) is 0. The molecule has 144 valence electrons. The van der Waals surface area contributed by atoms with Crippen LogP contribution in [-0.4, -0.2) is 16.0 Å². The summed E-state index contributed by atoms with van der Waals surface area (Å²) >= 11 is 6.43. The summed E-state index contributed by atoms with van der Waals surface area (Å²) in [4.78, 5) is 17.1. The molecule has 0 radical (unpaired) electrons. The van der Waals surface area contributed by atoms with E-state index in [2.05, 4.69) is 10.3 Å². The summed E-state index contributed by atoms with van der Waals surface area (Å²) in [5, 5.41) is 15.3. The number of aromatic hydroxyl groups is 1. The molecule has 29 heavy (non-hydrogen) atoms. The third kappa shape index (κ3) is 4.08. The average molecular weight is 403 g/mol. The number of phenols is 1. The van der Waals surface area contributed by atoms with Crippen LogP contribution >= 0.6 is 11.6 Å². The SMILES string of the molecule is O=C(Cc1ccccc1)N[C@@H](c1ccccc1Cl)c1ccc2cccnc2c1O. The third-order valence-corrected chi connectivity index (χ3v) is 5.16. The van der Waals surface area contributed by atoms with Gasteiger partial charge in [0, 0.05) is 22.2 Å².